The van der Waals surface area contributed by atoms with E-state index in [1.807, 2.05) is 30.3 Å². The van der Waals surface area contributed by atoms with Crippen molar-refractivity contribution in [3.63, 3.8) is 0 Å². The molecule has 0 bridgehead atoms. The summed E-state index contributed by atoms with van der Waals surface area (Å²) in [6, 6.07) is 10.1. The lowest BCUT2D eigenvalue weighted by molar-refractivity contribution is 0.315. The predicted octanol–water partition coefficient (Wildman–Crippen LogP) is 7.80. The predicted molar refractivity (Wildman–Crippen MR) is 124 cm³/mol. The summed E-state index contributed by atoms with van der Waals surface area (Å²) in [5, 5.41) is 0. The van der Waals surface area contributed by atoms with Gasteiger partial charge in [-0.05, 0) is 67.2 Å². The van der Waals surface area contributed by atoms with Gasteiger partial charge in [-0.25, -0.2) is 0 Å². The Bertz CT molecular complexity index is 773. The highest BCUT2D eigenvalue weighted by Crippen LogP contribution is 2.46. The van der Waals surface area contributed by atoms with E-state index in [0.29, 0.717) is 18.4 Å². The second kappa shape index (κ2) is 10.7. The van der Waals surface area contributed by atoms with Gasteiger partial charge in [0.05, 0.1) is 6.61 Å². The summed E-state index contributed by atoms with van der Waals surface area (Å²) in [7, 11) is 0. The molecule has 2 aromatic carbocycles. The van der Waals surface area contributed by atoms with Crippen LogP contribution in [0.3, 0.4) is 0 Å². The molecule has 0 heterocycles. The van der Waals surface area contributed by atoms with Gasteiger partial charge in [-0.1, -0.05) is 66.7 Å². The average molecular weight is 396 g/mol. The lowest BCUT2D eigenvalue weighted by atomic mass is 9.81. The van der Waals surface area contributed by atoms with Gasteiger partial charge in [-0.2, -0.15) is 0 Å². The maximum atomic E-state index is 6.56. The van der Waals surface area contributed by atoms with Gasteiger partial charge in [0, 0.05) is 11.1 Å². The van der Waals surface area contributed by atoms with Gasteiger partial charge in [-0.3, -0.25) is 0 Å². The summed E-state index contributed by atoms with van der Waals surface area (Å²) in [5.74, 6) is 5.18. The molecule has 2 rings (SSSR count). The van der Waals surface area contributed by atoms with Crippen LogP contribution in [0, 0.1) is 17.8 Å². The van der Waals surface area contributed by atoms with Crippen molar-refractivity contribution in [1.29, 1.82) is 0 Å². The van der Waals surface area contributed by atoms with E-state index in [1.165, 1.54) is 28.2 Å². The molecule has 0 amide bonds. The van der Waals surface area contributed by atoms with Crippen molar-refractivity contribution in [3.05, 3.63) is 58.5 Å². The van der Waals surface area contributed by atoms with Gasteiger partial charge in [0.25, 0.3) is 0 Å². The monoisotopic (exact) mass is 395 g/mol. The molecule has 2 aromatic rings. The van der Waals surface area contributed by atoms with Crippen molar-refractivity contribution >= 4 is 0 Å². The van der Waals surface area contributed by atoms with Gasteiger partial charge < -0.3 is 9.47 Å². The molecule has 2 heteroatoms. The van der Waals surface area contributed by atoms with E-state index in [-0.39, 0.29) is 0 Å². The van der Waals surface area contributed by atoms with E-state index in [4.69, 9.17) is 9.47 Å². The Balaban J connectivity index is 2.87. The van der Waals surface area contributed by atoms with Crippen LogP contribution in [0.15, 0.2) is 30.3 Å². The molecule has 0 unspecified atom stereocenters. The number of ether oxygens (including phenoxy) is 2. The summed E-state index contributed by atoms with van der Waals surface area (Å²) < 4.78 is 12.8. The molecule has 2 nitrogen and oxygen atoms in total. The summed E-state index contributed by atoms with van der Waals surface area (Å²) >= 11 is 0. The van der Waals surface area contributed by atoms with E-state index in [0.717, 1.165) is 36.5 Å². The first-order valence-electron chi connectivity index (χ1n) is 11.2. The fraction of sp³-hybridized carbons (Fsp3) is 0.519. The van der Waals surface area contributed by atoms with Crippen LogP contribution in [0.4, 0.5) is 0 Å². The van der Waals surface area contributed by atoms with Crippen LogP contribution in [0.1, 0.15) is 77.6 Å². The van der Waals surface area contributed by atoms with Gasteiger partial charge in [-0.15, -0.1) is 0 Å². The molecular formula is C27H39O2. The molecule has 29 heavy (non-hydrogen) atoms. The third kappa shape index (κ3) is 5.78. The van der Waals surface area contributed by atoms with Crippen molar-refractivity contribution in [3.8, 4) is 17.2 Å². The molecule has 0 aliphatic rings. The first-order valence-corrected chi connectivity index (χ1v) is 11.2. The molecule has 0 spiro atoms. The van der Waals surface area contributed by atoms with Crippen LogP contribution >= 0.6 is 0 Å². The zero-order valence-corrected chi connectivity index (χ0v) is 19.7. The van der Waals surface area contributed by atoms with Crippen molar-refractivity contribution in [2.75, 3.05) is 6.61 Å². The maximum Gasteiger partial charge on any atom is 0.173 e. The van der Waals surface area contributed by atoms with Gasteiger partial charge in [0.2, 0.25) is 0 Å². The number of hydrogen-bond acceptors (Lipinski definition) is 2. The highest BCUT2D eigenvalue weighted by atomic mass is 16.5. The van der Waals surface area contributed by atoms with Crippen LogP contribution < -0.4 is 9.47 Å². The van der Waals surface area contributed by atoms with Gasteiger partial charge in [0.1, 0.15) is 5.75 Å². The fourth-order valence-corrected chi connectivity index (χ4v) is 4.07. The zero-order valence-electron chi connectivity index (χ0n) is 19.7. The summed E-state index contributed by atoms with van der Waals surface area (Å²) in [6.07, 6.45) is 2.95. The molecule has 0 aromatic heterocycles. The van der Waals surface area contributed by atoms with Crippen molar-refractivity contribution in [2.24, 2.45) is 11.8 Å². The smallest absolute Gasteiger partial charge is 0.173 e. The van der Waals surface area contributed by atoms with E-state index in [2.05, 4.69) is 55.4 Å². The Morgan fingerprint density at radius 3 is 1.86 bits per heavy atom. The average Bonchev–Trinajstić information content (AvgIpc) is 2.65. The number of hydrogen-bond donors (Lipinski definition) is 0. The van der Waals surface area contributed by atoms with Crippen molar-refractivity contribution in [1.82, 2.24) is 0 Å². The Morgan fingerprint density at radius 2 is 1.38 bits per heavy atom. The molecule has 0 atom stereocenters. The highest BCUT2D eigenvalue weighted by Gasteiger charge is 2.27. The summed E-state index contributed by atoms with van der Waals surface area (Å²) in [6.45, 7) is 18.5. The van der Waals surface area contributed by atoms with E-state index < -0.39 is 0 Å². The molecule has 0 aliphatic carbocycles. The second-order valence-electron chi connectivity index (χ2n) is 8.87. The van der Waals surface area contributed by atoms with Crippen molar-refractivity contribution in [2.45, 2.75) is 74.7 Å². The molecule has 0 saturated carbocycles. The van der Waals surface area contributed by atoms with Crippen LogP contribution in [0.5, 0.6) is 17.2 Å². The summed E-state index contributed by atoms with van der Waals surface area (Å²) in [4.78, 5) is 0. The molecular weight excluding hydrogens is 356 g/mol. The Kier molecular flexibility index (Phi) is 8.61. The number of benzene rings is 2. The fourth-order valence-electron chi connectivity index (χ4n) is 4.07. The zero-order chi connectivity index (χ0) is 21.6. The number of rotatable bonds is 10. The van der Waals surface area contributed by atoms with Crippen molar-refractivity contribution < 1.29 is 9.47 Å². The second-order valence-corrected chi connectivity index (χ2v) is 8.87. The van der Waals surface area contributed by atoms with Gasteiger partial charge >= 0.3 is 0 Å². The lowest BCUT2D eigenvalue weighted by Gasteiger charge is -2.28. The Hall–Kier alpha value is -1.96. The van der Waals surface area contributed by atoms with Crippen LogP contribution in [0.2, 0.25) is 0 Å². The largest absolute Gasteiger partial charge is 0.490 e. The molecule has 159 valence electrons. The van der Waals surface area contributed by atoms with Crippen LogP contribution in [-0.2, 0) is 19.3 Å². The molecule has 0 N–H and O–H groups in total. The molecule has 1 radical (unpaired) electrons. The normalized spacial score (nSPS) is 11.6. The lowest BCUT2D eigenvalue weighted by Crippen LogP contribution is -2.15. The Morgan fingerprint density at radius 1 is 0.793 bits per heavy atom. The van der Waals surface area contributed by atoms with Gasteiger partial charge in [0.15, 0.2) is 11.5 Å². The third-order valence-electron chi connectivity index (χ3n) is 5.05. The molecule has 0 aliphatic heterocycles. The van der Waals surface area contributed by atoms with E-state index >= 15 is 0 Å². The minimum Gasteiger partial charge on any atom is -0.490 e. The Labute approximate surface area is 178 Å². The topological polar surface area (TPSA) is 18.5 Å². The minimum atomic E-state index is 0.533. The standard InChI is InChI=1S/C27H39O2/c1-9-22-25(20(7)8)23(16-18(3)4)24(17-19(5)6)27(26(22)28-10-2)29-21-14-12-11-13-15-21/h11-15,18-19H,9-10,16-17H2,1-8H3. The highest BCUT2D eigenvalue weighted by molar-refractivity contribution is 5.64. The molecule has 0 saturated heterocycles. The summed E-state index contributed by atoms with van der Waals surface area (Å²) in [5.41, 5.74) is 5.43. The first-order chi connectivity index (χ1) is 13.8. The first kappa shape index (κ1) is 23.3. The minimum absolute atomic E-state index is 0.533. The van der Waals surface area contributed by atoms with Crippen LogP contribution in [0.25, 0.3) is 0 Å². The number of para-hydroxylation sites is 1. The van der Waals surface area contributed by atoms with E-state index in [9.17, 15) is 0 Å². The quantitative estimate of drug-likeness (QED) is 0.408. The molecule has 0 fully saturated rings. The van der Waals surface area contributed by atoms with E-state index in [1.54, 1.807) is 0 Å². The third-order valence-corrected chi connectivity index (χ3v) is 5.05. The van der Waals surface area contributed by atoms with Crippen LogP contribution in [-0.4, -0.2) is 6.61 Å². The SMILES string of the molecule is CCOc1c(CC)c([C](C)C)c(CC(C)C)c(CC(C)C)c1Oc1ccccc1. The maximum absolute atomic E-state index is 6.56.